The van der Waals surface area contributed by atoms with Crippen molar-refractivity contribution in [3.8, 4) is 0 Å². The number of sulfonamides is 1. The largest absolute Gasteiger partial charge is 0.306 e. The number of hydrogen-bond acceptors (Lipinski definition) is 3. The Morgan fingerprint density at radius 2 is 1.72 bits per heavy atom. The summed E-state index contributed by atoms with van der Waals surface area (Å²) in [4.78, 5) is 0.404. The lowest BCUT2D eigenvalue weighted by Crippen LogP contribution is -2.35. The van der Waals surface area contributed by atoms with Crippen LogP contribution >= 0.6 is 0 Å². The molecule has 0 aliphatic carbocycles. The second-order valence-corrected chi connectivity index (χ2v) is 8.56. The zero-order valence-corrected chi connectivity index (χ0v) is 15.5. The van der Waals surface area contributed by atoms with E-state index in [0.29, 0.717) is 24.5 Å². The fourth-order valence-corrected chi connectivity index (χ4v) is 4.79. The van der Waals surface area contributed by atoms with E-state index >= 15 is 0 Å². The van der Waals surface area contributed by atoms with Gasteiger partial charge in [-0.15, -0.1) is 0 Å². The van der Waals surface area contributed by atoms with Crippen LogP contribution < -0.4 is 5.32 Å². The number of nitrogens with one attached hydrogen (secondary N) is 1. The van der Waals surface area contributed by atoms with Crippen molar-refractivity contribution in [2.45, 2.75) is 43.7 Å². The van der Waals surface area contributed by atoms with Gasteiger partial charge in [0.15, 0.2) is 0 Å². The molecule has 4 nitrogen and oxygen atoms in total. The van der Waals surface area contributed by atoms with Crippen molar-refractivity contribution in [2.24, 2.45) is 0 Å². The summed E-state index contributed by atoms with van der Waals surface area (Å²) in [5.74, 6) is 0. The van der Waals surface area contributed by atoms with Crippen molar-refractivity contribution in [3.05, 3.63) is 65.7 Å². The van der Waals surface area contributed by atoms with Gasteiger partial charge in [0.1, 0.15) is 0 Å². The van der Waals surface area contributed by atoms with Crippen LogP contribution in [-0.4, -0.2) is 25.8 Å². The van der Waals surface area contributed by atoms with Crippen LogP contribution in [0, 0.1) is 0 Å². The number of rotatable bonds is 6. The summed E-state index contributed by atoms with van der Waals surface area (Å²) in [6.45, 7) is 4.02. The average molecular weight is 359 g/mol. The van der Waals surface area contributed by atoms with Gasteiger partial charge >= 0.3 is 0 Å². The maximum Gasteiger partial charge on any atom is 0.243 e. The zero-order chi connectivity index (χ0) is 17.7. The van der Waals surface area contributed by atoms with Crippen molar-refractivity contribution in [3.63, 3.8) is 0 Å². The lowest BCUT2D eigenvalue weighted by molar-refractivity contribution is 0.346. The number of piperidine rings is 1. The van der Waals surface area contributed by atoms with Gasteiger partial charge in [0, 0.05) is 25.7 Å². The average Bonchev–Trinajstić information content (AvgIpc) is 2.67. The third-order valence-electron chi connectivity index (χ3n) is 4.76. The van der Waals surface area contributed by atoms with Gasteiger partial charge in [-0.3, -0.25) is 0 Å². The molecule has 1 heterocycles. The van der Waals surface area contributed by atoms with Crippen LogP contribution in [0.1, 0.15) is 43.4 Å². The first kappa shape index (κ1) is 18.1. The molecule has 0 saturated carbocycles. The van der Waals surface area contributed by atoms with E-state index in [1.165, 1.54) is 5.56 Å². The molecule has 2 aromatic rings. The predicted octanol–water partition coefficient (Wildman–Crippen LogP) is 3.71. The second kappa shape index (κ2) is 8.13. The van der Waals surface area contributed by atoms with Gasteiger partial charge in [-0.2, -0.15) is 4.31 Å². The molecule has 0 spiro atoms. The minimum Gasteiger partial charge on any atom is -0.306 e. The van der Waals surface area contributed by atoms with Crippen molar-refractivity contribution < 1.29 is 8.42 Å². The van der Waals surface area contributed by atoms with Gasteiger partial charge < -0.3 is 5.32 Å². The monoisotopic (exact) mass is 358 g/mol. The van der Waals surface area contributed by atoms with Gasteiger partial charge in [0.25, 0.3) is 0 Å². The van der Waals surface area contributed by atoms with Crippen LogP contribution in [0.2, 0.25) is 0 Å². The summed E-state index contributed by atoms with van der Waals surface area (Å²) in [7, 11) is -3.37. The highest BCUT2D eigenvalue weighted by Gasteiger charge is 2.25. The van der Waals surface area contributed by atoms with Gasteiger partial charge in [-0.1, -0.05) is 48.9 Å². The Kier molecular flexibility index (Phi) is 5.89. The zero-order valence-electron chi connectivity index (χ0n) is 14.7. The van der Waals surface area contributed by atoms with Gasteiger partial charge in [0.2, 0.25) is 10.0 Å². The number of benzene rings is 2. The Hall–Kier alpha value is -1.69. The van der Waals surface area contributed by atoms with Crippen molar-refractivity contribution in [2.75, 3.05) is 13.1 Å². The molecule has 5 heteroatoms. The van der Waals surface area contributed by atoms with Crippen molar-refractivity contribution in [1.82, 2.24) is 9.62 Å². The van der Waals surface area contributed by atoms with E-state index in [-0.39, 0.29) is 6.04 Å². The molecule has 0 unspecified atom stereocenters. The first-order valence-corrected chi connectivity index (χ1v) is 10.4. The Labute approximate surface area is 150 Å². The van der Waals surface area contributed by atoms with E-state index in [0.717, 1.165) is 24.8 Å². The minimum absolute atomic E-state index is 0.212. The molecular formula is C20H26N2O2S. The molecule has 1 fully saturated rings. The highest BCUT2D eigenvalue weighted by atomic mass is 32.2. The standard InChI is InChI=1S/C20H26N2O2S/c1-17(19-10-4-2-5-11-19)21-16-18-9-8-12-20(15-18)25(23,24)22-13-6-3-7-14-22/h2,4-5,8-12,15,17,21H,3,6-7,13-14,16H2,1H3/t17-/m0/s1. The quantitative estimate of drug-likeness (QED) is 0.856. The van der Waals surface area contributed by atoms with E-state index in [1.807, 2.05) is 30.3 Å². The van der Waals surface area contributed by atoms with E-state index in [2.05, 4.69) is 24.4 Å². The predicted molar refractivity (Wildman–Crippen MR) is 101 cm³/mol. The smallest absolute Gasteiger partial charge is 0.243 e. The first-order valence-electron chi connectivity index (χ1n) is 8.95. The number of hydrogen-bond donors (Lipinski definition) is 1. The van der Waals surface area contributed by atoms with Gasteiger partial charge in [0.05, 0.1) is 4.90 Å². The molecule has 1 aliphatic heterocycles. The Morgan fingerprint density at radius 1 is 1.00 bits per heavy atom. The molecule has 25 heavy (non-hydrogen) atoms. The fraction of sp³-hybridized carbons (Fsp3) is 0.400. The fourth-order valence-electron chi connectivity index (χ4n) is 3.20. The van der Waals surface area contributed by atoms with Gasteiger partial charge in [-0.25, -0.2) is 8.42 Å². The highest BCUT2D eigenvalue weighted by Crippen LogP contribution is 2.21. The molecule has 1 atom stereocenters. The molecule has 0 radical (unpaired) electrons. The minimum atomic E-state index is -3.37. The lowest BCUT2D eigenvalue weighted by Gasteiger charge is -2.26. The third-order valence-corrected chi connectivity index (χ3v) is 6.66. The van der Waals surface area contributed by atoms with Crippen molar-refractivity contribution in [1.29, 1.82) is 0 Å². The molecule has 0 bridgehead atoms. The summed E-state index contributed by atoms with van der Waals surface area (Å²) in [5, 5.41) is 3.46. The SMILES string of the molecule is C[C@H](NCc1cccc(S(=O)(=O)N2CCCCC2)c1)c1ccccc1. The summed E-state index contributed by atoms with van der Waals surface area (Å²) < 4.78 is 27.2. The molecule has 3 rings (SSSR count). The Bertz CT molecular complexity index is 784. The molecule has 0 aromatic heterocycles. The number of nitrogens with zero attached hydrogens (tertiary/aromatic N) is 1. The Balaban J connectivity index is 1.69. The van der Waals surface area contributed by atoms with E-state index in [4.69, 9.17) is 0 Å². The molecule has 1 N–H and O–H groups in total. The van der Waals surface area contributed by atoms with Crippen LogP contribution in [0.15, 0.2) is 59.5 Å². The highest BCUT2D eigenvalue weighted by molar-refractivity contribution is 7.89. The van der Waals surface area contributed by atoms with E-state index < -0.39 is 10.0 Å². The topological polar surface area (TPSA) is 49.4 Å². The molecular weight excluding hydrogens is 332 g/mol. The van der Waals surface area contributed by atoms with E-state index in [1.54, 1.807) is 16.4 Å². The van der Waals surface area contributed by atoms with Gasteiger partial charge in [-0.05, 0) is 43.0 Å². The van der Waals surface area contributed by atoms with Crippen molar-refractivity contribution >= 4 is 10.0 Å². The summed E-state index contributed by atoms with van der Waals surface area (Å²) in [5.41, 5.74) is 2.21. The van der Waals surface area contributed by atoms with E-state index in [9.17, 15) is 8.42 Å². The first-order chi connectivity index (χ1) is 12.1. The van der Waals surface area contributed by atoms with Crippen LogP contribution in [0.25, 0.3) is 0 Å². The van der Waals surface area contributed by atoms with Crippen LogP contribution in [0.4, 0.5) is 0 Å². The summed E-state index contributed by atoms with van der Waals surface area (Å²) in [6.07, 6.45) is 3.03. The normalized spacial score (nSPS) is 17.3. The molecule has 2 aromatic carbocycles. The molecule has 1 aliphatic rings. The third kappa shape index (κ3) is 4.48. The summed E-state index contributed by atoms with van der Waals surface area (Å²) in [6, 6.07) is 17.8. The Morgan fingerprint density at radius 3 is 2.44 bits per heavy atom. The molecule has 0 amide bonds. The summed E-state index contributed by atoms with van der Waals surface area (Å²) >= 11 is 0. The molecule has 1 saturated heterocycles. The lowest BCUT2D eigenvalue weighted by atomic mass is 10.1. The maximum absolute atomic E-state index is 12.8. The van der Waals surface area contributed by atoms with Crippen LogP contribution in [0.5, 0.6) is 0 Å². The van der Waals surface area contributed by atoms with Crippen LogP contribution in [-0.2, 0) is 16.6 Å². The maximum atomic E-state index is 12.8. The second-order valence-electron chi connectivity index (χ2n) is 6.63. The molecule has 134 valence electrons. The van der Waals surface area contributed by atoms with Crippen LogP contribution in [0.3, 0.4) is 0 Å².